The Balaban J connectivity index is 3.54. The van der Waals surface area contributed by atoms with Crippen molar-refractivity contribution in [2.45, 2.75) is 53.5 Å². The second kappa shape index (κ2) is 7.82. The van der Waals surface area contributed by atoms with Gasteiger partial charge in [-0.2, -0.15) is 0 Å². The Kier molecular flexibility index (Phi) is 7.55. The maximum Gasteiger partial charge on any atom is 0.220 e. The number of carbonyl (C=O) groups is 1. The standard InChI is InChI=1S/C14H32N4O/c1-13(2,3)11-12(19)17-8-7-16-9-10-18(15)14(4,5)6/h16H,7-11,15H2,1-6H3,(H,17,19). The van der Waals surface area contributed by atoms with Crippen molar-refractivity contribution in [3.8, 4) is 0 Å². The van der Waals surface area contributed by atoms with Crippen LogP contribution in [-0.2, 0) is 4.79 Å². The minimum Gasteiger partial charge on any atom is -0.355 e. The van der Waals surface area contributed by atoms with E-state index >= 15 is 0 Å². The summed E-state index contributed by atoms with van der Waals surface area (Å²) in [6, 6.07) is 0. The summed E-state index contributed by atoms with van der Waals surface area (Å²) in [6.07, 6.45) is 0.563. The molecule has 0 saturated carbocycles. The molecule has 0 fully saturated rings. The Bertz CT molecular complexity index is 266. The third-order valence-corrected chi connectivity index (χ3v) is 2.71. The molecule has 0 radical (unpaired) electrons. The van der Waals surface area contributed by atoms with Gasteiger partial charge in [0.2, 0.25) is 5.91 Å². The molecule has 0 rings (SSSR count). The third kappa shape index (κ3) is 10.9. The van der Waals surface area contributed by atoms with Crippen molar-refractivity contribution in [2.24, 2.45) is 11.3 Å². The number of rotatable bonds is 7. The highest BCUT2D eigenvalue weighted by atomic mass is 16.1. The van der Waals surface area contributed by atoms with Gasteiger partial charge in [0, 0.05) is 38.1 Å². The molecule has 0 aliphatic heterocycles. The third-order valence-electron chi connectivity index (χ3n) is 2.71. The lowest BCUT2D eigenvalue weighted by atomic mass is 9.92. The number of nitrogens with zero attached hydrogens (tertiary/aromatic N) is 1. The average Bonchev–Trinajstić information content (AvgIpc) is 2.18. The van der Waals surface area contributed by atoms with Gasteiger partial charge in [-0.15, -0.1) is 0 Å². The van der Waals surface area contributed by atoms with E-state index in [9.17, 15) is 4.79 Å². The van der Waals surface area contributed by atoms with Gasteiger partial charge in [0.1, 0.15) is 0 Å². The molecule has 0 aliphatic rings. The maximum atomic E-state index is 11.6. The summed E-state index contributed by atoms with van der Waals surface area (Å²) in [5, 5.41) is 8.00. The van der Waals surface area contributed by atoms with E-state index in [1.165, 1.54) is 0 Å². The molecule has 0 atom stereocenters. The highest BCUT2D eigenvalue weighted by Gasteiger charge is 2.17. The lowest BCUT2D eigenvalue weighted by molar-refractivity contribution is -0.122. The van der Waals surface area contributed by atoms with E-state index in [1.54, 1.807) is 0 Å². The molecule has 114 valence electrons. The van der Waals surface area contributed by atoms with Gasteiger partial charge in [0.15, 0.2) is 0 Å². The van der Waals surface area contributed by atoms with Crippen LogP contribution in [0.25, 0.3) is 0 Å². The first kappa shape index (κ1) is 18.4. The second-order valence-corrected chi connectivity index (χ2v) is 7.20. The van der Waals surface area contributed by atoms with Crippen molar-refractivity contribution >= 4 is 5.91 Å². The highest BCUT2D eigenvalue weighted by molar-refractivity contribution is 5.76. The number of carbonyl (C=O) groups excluding carboxylic acids is 1. The number of hydrogen-bond acceptors (Lipinski definition) is 4. The summed E-state index contributed by atoms with van der Waals surface area (Å²) in [4.78, 5) is 11.6. The fourth-order valence-electron chi connectivity index (χ4n) is 1.49. The maximum absolute atomic E-state index is 11.6. The van der Waals surface area contributed by atoms with Crippen LogP contribution in [0.2, 0.25) is 0 Å². The molecule has 0 aromatic carbocycles. The predicted molar refractivity (Wildman–Crippen MR) is 80.6 cm³/mol. The molecule has 0 heterocycles. The summed E-state index contributed by atoms with van der Waals surface area (Å²) in [7, 11) is 0. The van der Waals surface area contributed by atoms with Crippen LogP contribution in [-0.4, -0.2) is 42.6 Å². The molecule has 0 aromatic heterocycles. The Labute approximate surface area is 118 Å². The van der Waals surface area contributed by atoms with E-state index in [0.29, 0.717) is 13.0 Å². The zero-order valence-corrected chi connectivity index (χ0v) is 13.5. The van der Waals surface area contributed by atoms with Gasteiger partial charge < -0.3 is 10.6 Å². The summed E-state index contributed by atoms with van der Waals surface area (Å²) < 4.78 is 0. The molecule has 0 spiro atoms. The lowest BCUT2D eigenvalue weighted by Crippen LogP contribution is -2.49. The Morgan fingerprint density at radius 1 is 1.05 bits per heavy atom. The van der Waals surface area contributed by atoms with Crippen molar-refractivity contribution in [3.05, 3.63) is 0 Å². The van der Waals surface area contributed by atoms with E-state index < -0.39 is 0 Å². The minimum absolute atomic E-state index is 0.0113. The molecule has 5 nitrogen and oxygen atoms in total. The molecule has 1 amide bonds. The van der Waals surface area contributed by atoms with Gasteiger partial charge in [-0.3, -0.25) is 10.6 Å². The van der Waals surface area contributed by atoms with E-state index in [2.05, 4.69) is 52.2 Å². The van der Waals surface area contributed by atoms with Gasteiger partial charge in [-0.1, -0.05) is 20.8 Å². The van der Waals surface area contributed by atoms with E-state index in [1.807, 2.05) is 5.01 Å². The van der Waals surface area contributed by atoms with Crippen molar-refractivity contribution in [3.63, 3.8) is 0 Å². The molecule has 5 heteroatoms. The average molecular weight is 272 g/mol. The van der Waals surface area contributed by atoms with Crippen molar-refractivity contribution in [2.75, 3.05) is 26.2 Å². The van der Waals surface area contributed by atoms with E-state index in [4.69, 9.17) is 5.84 Å². The van der Waals surface area contributed by atoms with Crippen LogP contribution < -0.4 is 16.5 Å². The largest absolute Gasteiger partial charge is 0.355 e. The number of hydrazine groups is 1. The van der Waals surface area contributed by atoms with Crippen LogP contribution >= 0.6 is 0 Å². The van der Waals surface area contributed by atoms with Crippen molar-refractivity contribution in [1.29, 1.82) is 0 Å². The van der Waals surface area contributed by atoms with Crippen molar-refractivity contribution < 1.29 is 4.79 Å². The van der Waals surface area contributed by atoms with Gasteiger partial charge in [0.05, 0.1) is 0 Å². The van der Waals surface area contributed by atoms with Crippen LogP contribution in [0.3, 0.4) is 0 Å². The summed E-state index contributed by atoms with van der Waals surface area (Å²) >= 11 is 0. The lowest BCUT2D eigenvalue weighted by Gasteiger charge is -2.31. The summed E-state index contributed by atoms with van der Waals surface area (Å²) in [5.41, 5.74) is 0.0346. The predicted octanol–water partition coefficient (Wildman–Crippen LogP) is 1.10. The van der Waals surface area contributed by atoms with Crippen LogP contribution in [0.15, 0.2) is 0 Å². The number of hydrogen-bond donors (Lipinski definition) is 3. The fourth-order valence-corrected chi connectivity index (χ4v) is 1.49. The Hall–Kier alpha value is -0.650. The molecular formula is C14H32N4O. The molecule has 0 unspecified atom stereocenters. The Morgan fingerprint density at radius 3 is 2.11 bits per heavy atom. The summed E-state index contributed by atoms with van der Waals surface area (Å²) in [5.74, 6) is 6.02. The molecule has 0 aromatic rings. The minimum atomic E-state index is -0.0113. The number of amides is 1. The summed E-state index contributed by atoms with van der Waals surface area (Å²) in [6.45, 7) is 15.5. The molecule has 0 aliphatic carbocycles. The molecular weight excluding hydrogens is 240 g/mol. The zero-order chi connectivity index (χ0) is 15.1. The first-order valence-corrected chi connectivity index (χ1v) is 7.02. The first-order valence-electron chi connectivity index (χ1n) is 7.02. The van der Waals surface area contributed by atoms with E-state index in [-0.39, 0.29) is 16.9 Å². The zero-order valence-electron chi connectivity index (χ0n) is 13.5. The van der Waals surface area contributed by atoms with Crippen molar-refractivity contribution in [1.82, 2.24) is 15.6 Å². The SMILES string of the molecule is CC(C)(C)CC(=O)NCCNCCN(N)C(C)(C)C. The quantitative estimate of drug-likeness (QED) is 0.369. The molecule has 19 heavy (non-hydrogen) atoms. The highest BCUT2D eigenvalue weighted by Crippen LogP contribution is 2.17. The van der Waals surface area contributed by atoms with E-state index in [0.717, 1.165) is 19.6 Å². The monoisotopic (exact) mass is 272 g/mol. The van der Waals surface area contributed by atoms with Gasteiger partial charge >= 0.3 is 0 Å². The smallest absolute Gasteiger partial charge is 0.220 e. The van der Waals surface area contributed by atoms with Crippen LogP contribution in [0, 0.1) is 5.41 Å². The van der Waals surface area contributed by atoms with Gasteiger partial charge in [-0.25, -0.2) is 5.01 Å². The first-order chi connectivity index (χ1) is 8.52. The number of nitrogens with one attached hydrogen (secondary N) is 2. The van der Waals surface area contributed by atoms with Gasteiger partial charge in [0.25, 0.3) is 0 Å². The van der Waals surface area contributed by atoms with Crippen LogP contribution in [0.5, 0.6) is 0 Å². The second-order valence-electron chi connectivity index (χ2n) is 7.20. The van der Waals surface area contributed by atoms with Gasteiger partial charge in [-0.05, 0) is 26.2 Å². The Morgan fingerprint density at radius 2 is 1.63 bits per heavy atom. The normalized spacial score (nSPS) is 12.8. The molecule has 0 saturated heterocycles. The van der Waals surface area contributed by atoms with Crippen LogP contribution in [0.1, 0.15) is 48.0 Å². The number of nitrogens with two attached hydrogens (primary N) is 1. The fraction of sp³-hybridized carbons (Fsp3) is 0.929. The molecule has 4 N–H and O–H groups in total. The van der Waals surface area contributed by atoms with Crippen LogP contribution in [0.4, 0.5) is 0 Å². The topological polar surface area (TPSA) is 70.4 Å². The molecule has 0 bridgehead atoms.